The maximum absolute atomic E-state index is 11.3. The molecule has 10 nitrogen and oxygen atoms in total. The first-order valence-corrected chi connectivity index (χ1v) is 10.4. The van der Waals surface area contributed by atoms with Crippen molar-refractivity contribution < 1.29 is 9.53 Å². The molecular weight excluding hydrogens is 384 g/mol. The zero-order valence-corrected chi connectivity index (χ0v) is 17.0. The lowest BCUT2D eigenvalue weighted by molar-refractivity contribution is -0.120. The van der Waals surface area contributed by atoms with Gasteiger partial charge in [0, 0.05) is 62.2 Å². The highest BCUT2D eigenvalue weighted by atomic mass is 16.5. The fourth-order valence-electron chi connectivity index (χ4n) is 4.47. The van der Waals surface area contributed by atoms with E-state index in [9.17, 15) is 4.79 Å². The van der Waals surface area contributed by atoms with E-state index in [0.717, 1.165) is 61.5 Å². The lowest BCUT2D eigenvalue weighted by atomic mass is 9.85. The first-order chi connectivity index (χ1) is 14.6. The molecule has 0 radical (unpaired) electrons. The van der Waals surface area contributed by atoms with Gasteiger partial charge < -0.3 is 25.6 Å². The number of nitrogens with one attached hydrogen (secondary N) is 1. The first-order valence-electron chi connectivity index (χ1n) is 10.4. The maximum atomic E-state index is 11.3. The van der Waals surface area contributed by atoms with Crippen molar-refractivity contribution in [3.05, 3.63) is 18.0 Å². The number of carbonyl (C=O) groups is 1. The van der Waals surface area contributed by atoms with Gasteiger partial charge in [0.2, 0.25) is 17.8 Å². The molecule has 1 saturated heterocycles. The van der Waals surface area contributed by atoms with Crippen molar-refractivity contribution in [3.8, 4) is 11.3 Å². The van der Waals surface area contributed by atoms with Crippen molar-refractivity contribution in [2.45, 2.75) is 38.3 Å². The SMILES string of the molecule is CC(=O)N[C@H]1C[C@H](N2CCc3c(-c4cnc(N)nc4)nc(N4CCOCC4)nc32)C1. The summed E-state index contributed by atoms with van der Waals surface area (Å²) in [4.78, 5) is 34.1. The van der Waals surface area contributed by atoms with E-state index in [1.54, 1.807) is 19.3 Å². The van der Waals surface area contributed by atoms with Gasteiger partial charge in [-0.1, -0.05) is 0 Å². The lowest BCUT2D eigenvalue weighted by Crippen LogP contribution is -2.53. The minimum absolute atomic E-state index is 0.0304. The highest BCUT2D eigenvalue weighted by Gasteiger charge is 2.39. The number of hydrogen-bond donors (Lipinski definition) is 2. The molecule has 4 heterocycles. The van der Waals surface area contributed by atoms with E-state index >= 15 is 0 Å². The molecule has 1 aliphatic carbocycles. The number of rotatable bonds is 4. The van der Waals surface area contributed by atoms with E-state index < -0.39 is 0 Å². The molecule has 3 aliphatic rings. The molecule has 0 aromatic carbocycles. The van der Waals surface area contributed by atoms with Crippen molar-refractivity contribution in [3.63, 3.8) is 0 Å². The second-order valence-corrected chi connectivity index (χ2v) is 8.07. The van der Waals surface area contributed by atoms with Gasteiger partial charge in [0.05, 0.1) is 18.9 Å². The molecule has 0 spiro atoms. The predicted molar refractivity (Wildman–Crippen MR) is 112 cm³/mol. The highest BCUT2D eigenvalue weighted by Crippen LogP contribution is 2.40. The molecule has 2 aromatic heterocycles. The summed E-state index contributed by atoms with van der Waals surface area (Å²) in [5, 5.41) is 3.01. The Balaban J connectivity index is 1.49. The minimum Gasteiger partial charge on any atom is -0.378 e. The van der Waals surface area contributed by atoms with Gasteiger partial charge in [0.1, 0.15) is 5.82 Å². The Hall–Kier alpha value is -3.01. The summed E-state index contributed by atoms with van der Waals surface area (Å²) < 4.78 is 5.50. The van der Waals surface area contributed by atoms with Crippen LogP contribution in [-0.4, -0.2) is 70.8 Å². The Labute approximate surface area is 174 Å². The number of anilines is 3. The molecular formula is C20H26N8O2. The van der Waals surface area contributed by atoms with E-state index in [2.05, 4.69) is 25.1 Å². The van der Waals surface area contributed by atoms with Crippen LogP contribution in [0, 0.1) is 0 Å². The van der Waals surface area contributed by atoms with Crippen LogP contribution in [0.5, 0.6) is 0 Å². The van der Waals surface area contributed by atoms with Gasteiger partial charge in [-0.15, -0.1) is 0 Å². The number of amides is 1. The Morgan fingerprint density at radius 3 is 2.60 bits per heavy atom. The molecule has 0 atom stereocenters. The van der Waals surface area contributed by atoms with Gasteiger partial charge in [-0.3, -0.25) is 4.79 Å². The van der Waals surface area contributed by atoms with Gasteiger partial charge >= 0.3 is 0 Å². The third kappa shape index (κ3) is 3.51. The lowest BCUT2D eigenvalue weighted by Gasteiger charge is -2.42. The second kappa shape index (κ2) is 7.67. The quantitative estimate of drug-likeness (QED) is 0.736. The van der Waals surface area contributed by atoms with Crippen LogP contribution in [0.15, 0.2) is 12.4 Å². The monoisotopic (exact) mass is 410 g/mol. The van der Waals surface area contributed by atoms with Crippen LogP contribution in [0.2, 0.25) is 0 Å². The summed E-state index contributed by atoms with van der Waals surface area (Å²) in [7, 11) is 0. The number of hydrogen-bond acceptors (Lipinski definition) is 9. The van der Waals surface area contributed by atoms with Crippen molar-refractivity contribution in [1.29, 1.82) is 0 Å². The fraction of sp³-hybridized carbons (Fsp3) is 0.550. The standard InChI is InChI=1S/C20H26N8O2/c1-12(29)24-14-8-15(9-14)28-3-2-16-17(13-10-22-19(21)23-11-13)25-20(26-18(16)28)27-4-6-30-7-5-27/h10-11,14-15H,2-9H2,1H3,(H,24,29)(H2,21,22,23)/t14-,15-. The summed E-state index contributed by atoms with van der Waals surface area (Å²) in [5.41, 5.74) is 8.54. The third-order valence-corrected chi connectivity index (χ3v) is 6.05. The van der Waals surface area contributed by atoms with E-state index in [1.807, 2.05) is 0 Å². The average Bonchev–Trinajstić information content (AvgIpc) is 3.14. The molecule has 2 aromatic rings. The number of nitrogens with zero attached hydrogens (tertiary/aromatic N) is 6. The molecule has 10 heteroatoms. The van der Waals surface area contributed by atoms with Gasteiger partial charge in [-0.05, 0) is 19.3 Å². The van der Waals surface area contributed by atoms with E-state index in [-0.39, 0.29) is 17.9 Å². The van der Waals surface area contributed by atoms with Crippen LogP contribution < -0.4 is 20.9 Å². The number of nitrogens with two attached hydrogens (primary N) is 1. The van der Waals surface area contributed by atoms with E-state index in [1.165, 1.54) is 0 Å². The molecule has 0 unspecified atom stereocenters. The van der Waals surface area contributed by atoms with Gasteiger partial charge in [0.25, 0.3) is 0 Å². The summed E-state index contributed by atoms with van der Waals surface area (Å²) in [6.45, 7) is 5.35. The highest BCUT2D eigenvalue weighted by molar-refractivity contribution is 5.74. The Morgan fingerprint density at radius 2 is 1.90 bits per heavy atom. The number of carbonyl (C=O) groups excluding carboxylic acids is 1. The van der Waals surface area contributed by atoms with Crippen molar-refractivity contribution in [2.75, 3.05) is 48.4 Å². The van der Waals surface area contributed by atoms with Crippen molar-refractivity contribution >= 4 is 23.6 Å². The zero-order chi connectivity index (χ0) is 20.7. The number of nitrogen functional groups attached to an aromatic ring is 1. The van der Waals surface area contributed by atoms with Crippen LogP contribution >= 0.6 is 0 Å². The molecule has 5 rings (SSSR count). The Kier molecular flexibility index (Phi) is 4.86. The molecule has 1 saturated carbocycles. The molecule has 30 heavy (non-hydrogen) atoms. The van der Waals surface area contributed by atoms with Gasteiger partial charge in [-0.2, -0.15) is 4.98 Å². The average molecular weight is 410 g/mol. The molecule has 158 valence electrons. The molecule has 2 fully saturated rings. The fourth-order valence-corrected chi connectivity index (χ4v) is 4.47. The topological polar surface area (TPSA) is 122 Å². The van der Waals surface area contributed by atoms with Gasteiger partial charge in [0.15, 0.2) is 0 Å². The second-order valence-electron chi connectivity index (χ2n) is 8.07. The van der Waals surface area contributed by atoms with Crippen molar-refractivity contribution in [2.24, 2.45) is 0 Å². The maximum Gasteiger partial charge on any atom is 0.228 e. The zero-order valence-electron chi connectivity index (χ0n) is 17.0. The minimum atomic E-state index is 0.0304. The van der Waals surface area contributed by atoms with Crippen LogP contribution in [0.1, 0.15) is 25.3 Å². The summed E-state index contributed by atoms with van der Waals surface area (Å²) in [6, 6.07) is 0.633. The third-order valence-electron chi connectivity index (χ3n) is 6.05. The van der Waals surface area contributed by atoms with E-state index in [0.29, 0.717) is 25.2 Å². The molecule has 0 bridgehead atoms. The summed E-state index contributed by atoms with van der Waals surface area (Å²) >= 11 is 0. The largest absolute Gasteiger partial charge is 0.378 e. The smallest absolute Gasteiger partial charge is 0.228 e. The molecule has 2 aliphatic heterocycles. The number of aromatic nitrogens is 4. The summed E-state index contributed by atoms with van der Waals surface area (Å²) in [5.74, 6) is 1.99. The van der Waals surface area contributed by atoms with Crippen LogP contribution in [0.4, 0.5) is 17.7 Å². The van der Waals surface area contributed by atoms with Crippen LogP contribution in [0.25, 0.3) is 11.3 Å². The van der Waals surface area contributed by atoms with Crippen LogP contribution in [-0.2, 0) is 16.0 Å². The van der Waals surface area contributed by atoms with E-state index in [4.69, 9.17) is 20.4 Å². The van der Waals surface area contributed by atoms with Crippen molar-refractivity contribution in [1.82, 2.24) is 25.3 Å². The number of ether oxygens (including phenoxy) is 1. The number of fused-ring (bicyclic) bond motifs is 1. The van der Waals surface area contributed by atoms with Crippen LogP contribution in [0.3, 0.4) is 0 Å². The summed E-state index contributed by atoms with van der Waals surface area (Å²) in [6.07, 6.45) is 6.21. The normalized spacial score (nSPS) is 23.1. The molecule has 3 N–H and O–H groups in total. The predicted octanol–water partition coefficient (Wildman–Crippen LogP) is 0.382. The molecule has 1 amide bonds. The first kappa shape index (κ1) is 19.0. The Morgan fingerprint density at radius 1 is 1.17 bits per heavy atom. The Bertz CT molecular complexity index is 939. The number of morpholine rings is 1. The van der Waals surface area contributed by atoms with Gasteiger partial charge in [-0.25, -0.2) is 15.0 Å².